The van der Waals surface area contributed by atoms with Crippen molar-refractivity contribution >= 4 is 17.8 Å². The van der Waals surface area contributed by atoms with Gasteiger partial charge in [-0.15, -0.1) is 0 Å². The number of nitro groups is 1. The highest BCUT2D eigenvalue weighted by Crippen LogP contribution is 2.28. The smallest absolute Gasteiger partial charge is 0.277 e. The Bertz CT molecular complexity index is 1120. The monoisotopic (exact) mass is 407 g/mol. The van der Waals surface area contributed by atoms with Crippen molar-refractivity contribution in [2.45, 2.75) is 20.8 Å². The molecule has 0 aliphatic heterocycles. The van der Waals surface area contributed by atoms with Crippen molar-refractivity contribution in [2.75, 3.05) is 6.61 Å². The van der Waals surface area contributed by atoms with Gasteiger partial charge in [0.15, 0.2) is 6.61 Å². The van der Waals surface area contributed by atoms with E-state index >= 15 is 0 Å². The molecule has 8 heteroatoms. The van der Waals surface area contributed by atoms with Crippen molar-refractivity contribution in [3.8, 4) is 17.1 Å². The fraction of sp³-hybridized carbons (Fsp3) is 0.182. The summed E-state index contributed by atoms with van der Waals surface area (Å²) in [5.41, 5.74) is 5.94. The Morgan fingerprint density at radius 3 is 2.70 bits per heavy atom. The Kier molecular flexibility index (Phi) is 6.26. The fourth-order valence-corrected chi connectivity index (χ4v) is 2.83. The van der Waals surface area contributed by atoms with Crippen LogP contribution in [0.3, 0.4) is 0 Å². The van der Waals surface area contributed by atoms with Gasteiger partial charge in [-0.2, -0.15) is 5.10 Å². The number of hydrogen-bond donors (Lipinski definition) is 1. The summed E-state index contributed by atoms with van der Waals surface area (Å²) in [4.78, 5) is 22.3. The van der Waals surface area contributed by atoms with Gasteiger partial charge < -0.3 is 9.15 Å². The molecule has 1 amide bonds. The number of hydrogen-bond acceptors (Lipinski definition) is 6. The van der Waals surface area contributed by atoms with Gasteiger partial charge in [-0.25, -0.2) is 5.43 Å². The SMILES string of the molecule is Cc1cc([N+](=O)[O-])ccc1-c1ccc(/C=N\NC(=O)COc2cccc(C)c2C)o1. The van der Waals surface area contributed by atoms with E-state index < -0.39 is 10.8 Å². The van der Waals surface area contributed by atoms with Crippen LogP contribution >= 0.6 is 0 Å². The number of amides is 1. The number of nitrogens with zero attached hydrogens (tertiary/aromatic N) is 2. The predicted octanol–water partition coefficient (Wildman–Crippen LogP) is 4.31. The number of rotatable bonds is 7. The zero-order chi connectivity index (χ0) is 21.7. The summed E-state index contributed by atoms with van der Waals surface area (Å²) >= 11 is 0. The third-order valence-corrected chi connectivity index (χ3v) is 4.61. The molecule has 0 bridgehead atoms. The van der Waals surface area contributed by atoms with E-state index in [0.717, 1.165) is 22.3 Å². The summed E-state index contributed by atoms with van der Waals surface area (Å²) in [6.07, 6.45) is 1.38. The molecule has 0 unspecified atom stereocenters. The molecule has 0 saturated carbocycles. The molecule has 30 heavy (non-hydrogen) atoms. The van der Waals surface area contributed by atoms with Gasteiger partial charge >= 0.3 is 0 Å². The van der Waals surface area contributed by atoms with Gasteiger partial charge in [-0.1, -0.05) is 12.1 Å². The maximum Gasteiger partial charge on any atom is 0.277 e. The third kappa shape index (κ3) is 4.91. The Hall–Kier alpha value is -3.94. The lowest BCUT2D eigenvalue weighted by Gasteiger charge is -2.09. The zero-order valence-electron chi connectivity index (χ0n) is 16.8. The zero-order valence-corrected chi connectivity index (χ0v) is 16.8. The number of carbonyl (C=O) groups is 1. The Morgan fingerprint density at radius 2 is 1.97 bits per heavy atom. The molecular formula is C22H21N3O5. The average Bonchev–Trinajstić information content (AvgIpc) is 3.17. The van der Waals surface area contributed by atoms with Gasteiger partial charge in [0.25, 0.3) is 11.6 Å². The van der Waals surface area contributed by atoms with Crippen molar-refractivity contribution in [1.82, 2.24) is 5.43 Å². The van der Waals surface area contributed by atoms with Crippen LogP contribution in [-0.2, 0) is 4.79 Å². The van der Waals surface area contributed by atoms with Crippen LogP contribution in [0.5, 0.6) is 5.75 Å². The maximum absolute atomic E-state index is 11.9. The standard InChI is InChI=1S/C22H21N3O5/c1-14-5-4-6-20(16(14)3)29-13-22(26)24-23-12-18-8-10-21(30-18)19-9-7-17(25(27)28)11-15(19)2/h4-12H,13H2,1-3H3,(H,24,26)/b23-12-. The van der Waals surface area contributed by atoms with Crippen molar-refractivity contribution in [2.24, 2.45) is 5.10 Å². The van der Waals surface area contributed by atoms with Gasteiger partial charge in [0, 0.05) is 17.7 Å². The molecule has 0 fully saturated rings. The van der Waals surface area contributed by atoms with E-state index in [9.17, 15) is 14.9 Å². The Labute approximate surface area is 173 Å². The Balaban J connectivity index is 1.57. The first kappa shape index (κ1) is 20.8. The minimum absolute atomic E-state index is 0.0235. The second kappa shape index (κ2) is 9.04. The van der Waals surface area contributed by atoms with Gasteiger partial charge in [-0.3, -0.25) is 14.9 Å². The van der Waals surface area contributed by atoms with E-state index in [1.807, 2.05) is 32.0 Å². The van der Waals surface area contributed by atoms with E-state index in [1.54, 1.807) is 25.1 Å². The molecule has 0 radical (unpaired) electrons. The average molecular weight is 407 g/mol. The molecule has 2 aromatic carbocycles. The summed E-state index contributed by atoms with van der Waals surface area (Å²) < 4.78 is 11.2. The molecule has 8 nitrogen and oxygen atoms in total. The van der Waals surface area contributed by atoms with Gasteiger partial charge in [-0.05, 0) is 61.7 Å². The number of nitrogens with one attached hydrogen (secondary N) is 1. The maximum atomic E-state index is 11.9. The van der Waals surface area contributed by atoms with Crippen LogP contribution in [0.1, 0.15) is 22.5 Å². The number of ether oxygens (including phenoxy) is 1. The van der Waals surface area contributed by atoms with Crippen LogP contribution in [-0.4, -0.2) is 23.7 Å². The molecule has 1 aromatic heterocycles. The number of aryl methyl sites for hydroxylation is 2. The van der Waals surface area contributed by atoms with Crippen LogP contribution in [0.15, 0.2) is 58.0 Å². The number of non-ortho nitro benzene ring substituents is 1. The molecule has 1 N–H and O–H groups in total. The van der Waals surface area contributed by atoms with Crippen LogP contribution in [0.4, 0.5) is 5.69 Å². The lowest BCUT2D eigenvalue weighted by Crippen LogP contribution is -2.24. The highest BCUT2D eigenvalue weighted by atomic mass is 16.6. The molecule has 1 heterocycles. The first-order valence-electron chi connectivity index (χ1n) is 9.21. The van der Waals surface area contributed by atoms with Crippen LogP contribution < -0.4 is 10.2 Å². The second-order valence-electron chi connectivity index (χ2n) is 6.74. The van der Waals surface area contributed by atoms with E-state index in [-0.39, 0.29) is 12.3 Å². The summed E-state index contributed by atoms with van der Waals surface area (Å²) in [7, 11) is 0. The molecule has 0 saturated heterocycles. The molecule has 154 valence electrons. The lowest BCUT2D eigenvalue weighted by atomic mass is 10.1. The lowest BCUT2D eigenvalue weighted by molar-refractivity contribution is -0.384. The fourth-order valence-electron chi connectivity index (χ4n) is 2.83. The van der Waals surface area contributed by atoms with Gasteiger partial charge in [0.1, 0.15) is 17.3 Å². The van der Waals surface area contributed by atoms with Crippen molar-refractivity contribution in [3.63, 3.8) is 0 Å². The number of carbonyl (C=O) groups excluding carboxylic acids is 1. The number of nitro benzene ring substituents is 1. The highest BCUT2D eigenvalue weighted by Gasteiger charge is 2.12. The molecule has 0 aliphatic rings. The molecular weight excluding hydrogens is 386 g/mol. The van der Waals surface area contributed by atoms with E-state index in [1.165, 1.54) is 18.3 Å². The number of furan rings is 1. The largest absolute Gasteiger partial charge is 0.483 e. The summed E-state index contributed by atoms with van der Waals surface area (Å²) in [6.45, 7) is 5.52. The first-order chi connectivity index (χ1) is 14.3. The van der Waals surface area contributed by atoms with Crippen molar-refractivity contribution in [3.05, 3.63) is 81.1 Å². The number of benzene rings is 2. The highest BCUT2D eigenvalue weighted by molar-refractivity contribution is 5.82. The molecule has 3 aromatic rings. The van der Waals surface area contributed by atoms with Crippen LogP contribution in [0.2, 0.25) is 0 Å². The Morgan fingerprint density at radius 1 is 1.17 bits per heavy atom. The van der Waals surface area contributed by atoms with Crippen molar-refractivity contribution in [1.29, 1.82) is 0 Å². The van der Waals surface area contributed by atoms with E-state index in [0.29, 0.717) is 17.3 Å². The van der Waals surface area contributed by atoms with E-state index in [4.69, 9.17) is 9.15 Å². The molecule has 3 rings (SSSR count). The quantitative estimate of drug-likeness (QED) is 0.357. The predicted molar refractivity (Wildman–Crippen MR) is 113 cm³/mol. The second-order valence-corrected chi connectivity index (χ2v) is 6.74. The van der Waals surface area contributed by atoms with E-state index in [2.05, 4.69) is 10.5 Å². The normalized spacial score (nSPS) is 10.9. The molecule has 0 aliphatic carbocycles. The molecule has 0 atom stereocenters. The van der Waals surface area contributed by atoms with Crippen LogP contribution in [0, 0.1) is 30.9 Å². The minimum Gasteiger partial charge on any atom is -0.483 e. The molecule has 0 spiro atoms. The summed E-state index contributed by atoms with van der Waals surface area (Å²) in [5.74, 6) is 1.24. The minimum atomic E-state index is -0.441. The van der Waals surface area contributed by atoms with Gasteiger partial charge in [0.2, 0.25) is 0 Å². The van der Waals surface area contributed by atoms with Crippen molar-refractivity contribution < 1.29 is 18.9 Å². The first-order valence-corrected chi connectivity index (χ1v) is 9.21. The van der Waals surface area contributed by atoms with Gasteiger partial charge in [0.05, 0.1) is 11.1 Å². The van der Waals surface area contributed by atoms with Crippen LogP contribution in [0.25, 0.3) is 11.3 Å². The summed E-state index contributed by atoms with van der Waals surface area (Å²) in [5, 5.41) is 14.7. The topological polar surface area (TPSA) is 107 Å². The summed E-state index contributed by atoms with van der Waals surface area (Å²) in [6, 6.07) is 13.6. The third-order valence-electron chi connectivity index (χ3n) is 4.61. The number of hydrazone groups is 1.